The highest BCUT2D eigenvalue weighted by Gasteiger charge is 2.19. The summed E-state index contributed by atoms with van der Waals surface area (Å²) in [6.07, 6.45) is 46.1. The van der Waals surface area contributed by atoms with Gasteiger partial charge in [0, 0.05) is 6.42 Å². The van der Waals surface area contributed by atoms with Crippen molar-refractivity contribution in [2.75, 3.05) is 47.5 Å². The summed E-state index contributed by atoms with van der Waals surface area (Å²) in [5, 5.41) is 0. The van der Waals surface area contributed by atoms with Gasteiger partial charge in [-0.05, 0) is 83.1 Å². The number of hydrogen-bond donors (Lipinski definition) is 0. The highest BCUT2D eigenvalue weighted by atomic mass is 31.2. The van der Waals surface area contributed by atoms with E-state index < -0.39 is 13.9 Å². The van der Waals surface area contributed by atoms with Crippen LogP contribution in [0.5, 0.6) is 0 Å². The van der Waals surface area contributed by atoms with E-state index in [9.17, 15) is 14.3 Å². The molecule has 0 bridgehead atoms. The summed E-state index contributed by atoms with van der Waals surface area (Å²) >= 11 is 0. The number of nitrogens with zero attached hydrogens (tertiary/aromatic N) is 1. The monoisotopic (exact) mass is 766 g/mol. The maximum Gasteiger partial charge on any atom is 0.305 e. The van der Waals surface area contributed by atoms with Crippen molar-refractivity contribution < 1.29 is 37.3 Å². The summed E-state index contributed by atoms with van der Waals surface area (Å²) in [4.78, 5) is 24.8. The van der Waals surface area contributed by atoms with Crippen LogP contribution in [0.3, 0.4) is 0 Å². The zero-order chi connectivity index (χ0) is 39.1. The summed E-state index contributed by atoms with van der Waals surface area (Å²) in [5.41, 5.74) is 0. The van der Waals surface area contributed by atoms with Crippen molar-refractivity contribution in [1.82, 2.24) is 0 Å². The number of rotatable bonds is 38. The molecule has 0 fully saturated rings. The summed E-state index contributed by atoms with van der Waals surface area (Å²) in [6, 6.07) is 0. The molecule has 0 aromatic rings. The van der Waals surface area contributed by atoms with Crippen molar-refractivity contribution in [3.63, 3.8) is 0 Å². The summed E-state index contributed by atoms with van der Waals surface area (Å²) in [7, 11) is 1.34. The number of quaternary nitrogens is 1. The third kappa shape index (κ3) is 41.1. The second kappa shape index (κ2) is 37.0. The van der Waals surface area contributed by atoms with Crippen LogP contribution in [0.2, 0.25) is 0 Å². The largest absolute Gasteiger partial charge is 0.756 e. The Hall–Kier alpha value is -1.96. The molecule has 2 atom stereocenters. The van der Waals surface area contributed by atoms with Crippen molar-refractivity contribution in [2.45, 2.75) is 168 Å². The summed E-state index contributed by atoms with van der Waals surface area (Å²) in [5.74, 6) is -0.313. The molecule has 0 radical (unpaired) electrons. The molecular formula is C44H80NO7P. The summed E-state index contributed by atoms with van der Waals surface area (Å²) < 4.78 is 34.3. The molecule has 0 aromatic heterocycles. The van der Waals surface area contributed by atoms with E-state index in [2.05, 4.69) is 62.5 Å². The van der Waals surface area contributed by atoms with Crippen LogP contribution in [0.1, 0.15) is 162 Å². The predicted octanol–water partition coefficient (Wildman–Crippen LogP) is 11.9. The van der Waals surface area contributed by atoms with E-state index in [1.807, 2.05) is 27.2 Å². The first kappa shape index (κ1) is 51.0. The molecule has 8 nitrogen and oxygen atoms in total. The van der Waals surface area contributed by atoms with Crippen LogP contribution in [0.25, 0.3) is 0 Å². The Labute approximate surface area is 326 Å². The van der Waals surface area contributed by atoms with Crippen LogP contribution in [0.15, 0.2) is 60.9 Å². The third-order valence-electron chi connectivity index (χ3n) is 8.64. The Morgan fingerprint density at radius 3 is 1.68 bits per heavy atom. The maximum absolute atomic E-state index is 12.4. The van der Waals surface area contributed by atoms with Gasteiger partial charge in [0.25, 0.3) is 7.82 Å². The molecule has 0 aliphatic carbocycles. The van der Waals surface area contributed by atoms with Crippen LogP contribution in [-0.2, 0) is 27.9 Å². The van der Waals surface area contributed by atoms with Crippen molar-refractivity contribution in [3.05, 3.63) is 60.9 Å². The van der Waals surface area contributed by atoms with Crippen LogP contribution >= 0.6 is 7.82 Å². The standard InChI is InChI=1S/C44H80NO7P/c1-6-8-10-12-14-16-18-20-22-24-26-28-30-32-34-36-39-49-43(42-52-53(47,48)51-40-38-45(3,4)5)41-50-44(46)37-35-33-31-29-27-25-23-21-19-17-15-13-11-9-7-2/h9,11,15-18,21,23,36,39,43H,6-8,10,12-14,19-20,22,24-35,37-38,40-42H2,1-5H3/b11-9-,17-15-,18-16-,23-21-,39-36-. The average molecular weight is 766 g/mol. The number of ether oxygens (including phenoxy) is 2. The average Bonchev–Trinajstić information content (AvgIpc) is 3.11. The lowest BCUT2D eigenvalue weighted by Crippen LogP contribution is -2.37. The smallest absolute Gasteiger partial charge is 0.305 e. The second-order valence-electron chi connectivity index (χ2n) is 15.0. The Morgan fingerprint density at radius 2 is 1.11 bits per heavy atom. The number of unbranched alkanes of at least 4 members (excludes halogenated alkanes) is 16. The minimum Gasteiger partial charge on any atom is -0.756 e. The molecule has 0 rings (SSSR count). The molecule has 0 saturated heterocycles. The number of phosphoric ester groups is 1. The van der Waals surface area contributed by atoms with Gasteiger partial charge >= 0.3 is 5.97 Å². The lowest BCUT2D eigenvalue weighted by molar-refractivity contribution is -0.870. The van der Waals surface area contributed by atoms with Crippen LogP contribution in [-0.4, -0.2) is 64.1 Å². The SMILES string of the molecule is CC/C=C\C/C=C\C/C=C\CCCCCCCC(=O)OCC(COP(=O)([O-])OCC[N+](C)(C)C)O/C=C\CCCCCCCC/C=C\CCCCCC. The summed E-state index contributed by atoms with van der Waals surface area (Å²) in [6.45, 7) is 4.54. The zero-order valence-electron chi connectivity index (χ0n) is 34.7. The number of allylic oxidation sites excluding steroid dienone is 9. The van der Waals surface area contributed by atoms with E-state index in [0.29, 0.717) is 17.4 Å². The van der Waals surface area contributed by atoms with Crippen LogP contribution in [0, 0.1) is 0 Å². The number of hydrogen-bond acceptors (Lipinski definition) is 7. The van der Waals surface area contributed by atoms with Crippen LogP contribution < -0.4 is 4.89 Å². The van der Waals surface area contributed by atoms with Gasteiger partial charge in [0.05, 0.1) is 34.0 Å². The van der Waals surface area contributed by atoms with E-state index in [-0.39, 0.29) is 25.8 Å². The molecule has 9 heteroatoms. The van der Waals surface area contributed by atoms with Crippen molar-refractivity contribution >= 4 is 13.8 Å². The molecule has 2 unspecified atom stereocenters. The molecule has 308 valence electrons. The fourth-order valence-electron chi connectivity index (χ4n) is 5.30. The van der Waals surface area contributed by atoms with Crippen molar-refractivity contribution in [1.29, 1.82) is 0 Å². The van der Waals surface area contributed by atoms with Crippen molar-refractivity contribution in [2.24, 2.45) is 0 Å². The molecule has 0 aliphatic heterocycles. The Balaban J connectivity index is 4.36. The Morgan fingerprint density at radius 1 is 0.623 bits per heavy atom. The van der Waals surface area contributed by atoms with Gasteiger partial charge in [0.15, 0.2) is 6.10 Å². The van der Waals surface area contributed by atoms with Gasteiger partial charge in [0.1, 0.15) is 19.8 Å². The molecule has 0 saturated carbocycles. The Bertz CT molecular complexity index is 1030. The van der Waals surface area contributed by atoms with E-state index in [0.717, 1.165) is 77.0 Å². The first-order valence-corrected chi connectivity index (χ1v) is 22.5. The molecule has 0 heterocycles. The van der Waals surface area contributed by atoms with Gasteiger partial charge in [-0.25, -0.2) is 0 Å². The highest BCUT2D eigenvalue weighted by Crippen LogP contribution is 2.38. The number of carbonyl (C=O) groups excluding carboxylic acids is 1. The normalized spacial score (nSPS) is 14.4. The number of carbonyl (C=O) groups is 1. The fourth-order valence-corrected chi connectivity index (χ4v) is 6.03. The highest BCUT2D eigenvalue weighted by molar-refractivity contribution is 7.45. The van der Waals surface area contributed by atoms with Gasteiger partial charge in [-0.1, -0.05) is 127 Å². The Kier molecular flexibility index (Phi) is 35.6. The molecule has 0 aliphatic rings. The van der Waals surface area contributed by atoms with E-state index >= 15 is 0 Å². The lowest BCUT2D eigenvalue weighted by atomic mass is 10.1. The maximum atomic E-state index is 12.4. The quantitative estimate of drug-likeness (QED) is 0.0154. The van der Waals surface area contributed by atoms with Gasteiger partial charge in [-0.15, -0.1) is 0 Å². The third-order valence-corrected chi connectivity index (χ3v) is 9.61. The van der Waals surface area contributed by atoms with Gasteiger partial charge < -0.3 is 27.9 Å². The van der Waals surface area contributed by atoms with Crippen molar-refractivity contribution in [3.8, 4) is 0 Å². The second-order valence-corrected chi connectivity index (χ2v) is 16.4. The number of likely N-dealkylation sites (N-methyl/N-ethyl adjacent to an activating group) is 1. The molecule has 0 amide bonds. The van der Waals surface area contributed by atoms with Gasteiger partial charge in [0.2, 0.25) is 0 Å². The number of phosphoric acid groups is 1. The zero-order valence-corrected chi connectivity index (χ0v) is 35.6. The molecule has 53 heavy (non-hydrogen) atoms. The van der Waals surface area contributed by atoms with E-state index in [1.54, 1.807) is 6.26 Å². The first-order valence-electron chi connectivity index (χ1n) is 21.1. The van der Waals surface area contributed by atoms with E-state index in [4.69, 9.17) is 18.5 Å². The predicted molar refractivity (Wildman–Crippen MR) is 221 cm³/mol. The van der Waals surface area contributed by atoms with Gasteiger partial charge in [-0.3, -0.25) is 9.36 Å². The van der Waals surface area contributed by atoms with Gasteiger partial charge in [-0.2, -0.15) is 0 Å². The number of esters is 1. The fraction of sp³-hybridized carbons (Fsp3) is 0.750. The minimum absolute atomic E-state index is 0.0205. The molecular weight excluding hydrogens is 685 g/mol. The van der Waals surface area contributed by atoms with E-state index in [1.165, 1.54) is 64.2 Å². The molecule has 0 spiro atoms. The van der Waals surface area contributed by atoms with Crippen LogP contribution in [0.4, 0.5) is 0 Å². The molecule has 0 N–H and O–H groups in total. The lowest BCUT2D eigenvalue weighted by Gasteiger charge is -2.28. The molecule has 0 aromatic carbocycles. The topological polar surface area (TPSA) is 94.1 Å². The first-order chi connectivity index (χ1) is 25.6. The minimum atomic E-state index is -4.52.